The summed E-state index contributed by atoms with van der Waals surface area (Å²) in [5, 5.41) is 3.08. The minimum Gasteiger partial charge on any atom is -0.316 e. The molecule has 2 unspecified atom stereocenters. The van der Waals surface area contributed by atoms with Gasteiger partial charge < -0.3 is 4.90 Å². The minimum atomic E-state index is -2.61. The number of hydrogen-bond donors (Lipinski definition) is 1. The van der Waals surface area contributed by atoms with Gasteiger partial charge in [-0.1, -0.05) is 19.1 Å². The summed E-state index contributed by atoms with van der Waals surface area (Å²) in [6, 6.07) is 5.51. The normalized spacial score (nSPS) is 26.6. The van der Waals surface area contributed by atoms with Gasteiger partial charge in [0.05, 0.1) is 12.1 Å². The Balaban J connectivity index is 2.33. The molecule has 110 valence electrons. The fourth-order valence-electron chi connectivity index (χ4n) is 2.37. The average Bonchev–Trinajstić information content (AvgIpc) is 2.65. The van der Waals surface area contributed by atoms with Gasteiger partial charge in [-0.05, 0) is 31.0 Å². The molecule has 2 rings (SSSR count). The zero-order chi connectivity index (χ0) is 14.9. The highest BCUT2D eigenvalue weighted by Crippen LogP contribution is 2.33. The van der Waals surface area contributed by atoms with Crippen LogP contribution in [0.25, 0.3) is 0 Å². The molecule has 1 heterocycles. The summed E-state index contributed by atoms with van der Waals surface area (Å²) in [7, 11) is 0. The lowest BCUT2D eigenvalue weighted by molar-refractivity contribution is -0.134. The van der Waals surface area contributed by atoms with Crippen LogP contribution >= 0.6 is 0 Å². The molecule has 1 fully saturated rings. The molecule has 0 bridgehead atoms. The number of carbonyl (C=O) groups excluding carboxylic acids is 1. The Labute approximate surface area is 115 Å². The van der Waals surface area contributed by atoms with Crippen molar-refractivity contribution in [3.05, 3.63) is 35.6 Å². The standard InChI is InChI=1S/C14H17F3N2O/c1-3-14(2)13(20)19(8-11(16)17)12(18-14)9-4-6-10(15)7-5-9/h4-7,11-12,18H,3,8H2,1-2H3. The molecule has 0 aromatic heterocycles. The van der Waals surface area contributed by atoms with E-state index in [1.165, 1.54) is 24.3 Å². The van der Waals surface area contributed by atoms with Gasteiger partial charge >= 0.3 is 0 Å². The van der Waals surface area contributed by atoms with Gasteiger partial charge in [0.1, 0.15) is 12.0 Å². The molecule has 1 amide bonds. The number of rotatable bonds is 4. The van der Waals surface area contributed by atoms with E-state index in [1.54, 1.807) is 6.92 Å². The van der Waals surface area contributed by atoms with Crippen LogP contribution in [0.5, 0.6) is 0 Å². The summed E-state index contributed by atoms with van der Waals surface area (Å²) in [6.45, 7) is 2.87. The van der Waals surface area contributed by atoms with Crippen LogP contribution in [0, 0.1) is 5.82 Å². The number of amides is 1. The van der Waals surface area contributed by atoms with Crippen molar-refractivity contribution in [2.75, 3.05) is 6.54 Å². The Kier molecular flexibility index (Phi) is 4.04. The summed E-state index contributed by atoms with van der Waals surface area (Å²) in [5.41, 5.74) is -0.272. The second kappa shape index (κ2) is 5.44. The van der Waals surface area contributed by atoms with Crippen molar-refractivity contribution in [1.29, 1.82) is 0 Å². The second-order valence-electron chi connectivity index (χ2n) is 5.13. The van der Waals surface area contributed by atoms with E-state index in [9.17, 15) is 18.0 Å². The topological polar surface area (TPSA) is 32.3 Å². The van der Waals surface area contributed by atoms with E-state index >= 15 is 0 Å². The Morgan fingerprint density at radius 3 is 2.45 bits per heavy atom. The monoisotopic (exact) mass is 286 g/mol. The number of hydrogen-bond acceptors (Lipinski definition) is 2. The van der Waals surface area contributed by atoms with Crippen molar-refractivity contribution in [1.82, 2.24) is 10.2 Å². The van der Waals surface area contributed by atoms with Crippen LogP contribution in [0.3, 0.4) is 0 Å². The van der Waals surface area contributed by atoms with E-state index in [0.29, 0.717) is 12.0 Å². The summed E-state index contributed by atoms with van der Waals surface area (Å²) in [6.07, 6.45) is -2.77. The molecule has 1 saturated heterocycles. The smallest absolute Gasteiger partial charge is 0.255 e. The van der Waals surface area contributed by atoms with Gasteiger partial charge in [-0.3, -0.25) is 10.1 Å². The zero-order valence-corrected chi connectivity index (χ0v) is 11.4. The highest BCUT2D eigenvalue weighted by atomic mass is 19.3. The van der Waals surface area contributed by atoms with E-state index in [4.69, 9.17) is 0 Å². The number of halogens is 3. The average molecular weight is 286 g/mol. The first-order chi connectivity index (χ1) is 9.37. The molecular formula is C14H17F3N2O. The van der Waals surface area contributed by atoms with E-state index in [2.05, 4.69) is 5.32 Å². The molecule has 2 atom stereocenters. The van der Waals surface area contributed by atoms with Crippen LogP contribution in [-0.4, -0.2) is 29.3 Å². The van der Waals surface area contributed by atoms with Gasteiger partial charge in [-0.2, -0.15) is 0 Å². The predicted molar refractivity (Wildman–Crippen MR) is 68.7 cm³/mol. The molecule has 1 aliphatic heterocycles. The molecule has 0 aliphatic carbocycles. The fraction of sp³-hybridized carbons (Fsp3) is 0.500. The maximum absolute atomic E-state index is 13.0. The summed E-state index contributed by atoms with van der Waals surface area (Å²) in [4.78, 5) is 13.4. The maximum atomic E-state index is 13.0. The van der Waals surface area contributed by atoms with Crippen molar-refractivity contribution in [3.63, 3.8) is 0 Å². The van der Waals surface area contributed by atoms with Crippen LogP contribution in [0.15, 0.2) is 24.3 Å². The van der Waals surface area contributed by atoms with Crippen LogP contribution in [0.2, 0.25) is 0 Å². The van der Waals surface area contributed by atoms with Crippen molar-refractivity contribution in [2.24, 2.45) is 0 Å². The minimum absolute atomic E-state index is 0.352. The number of nitrogens with one attached hydrogen (secondary N) is 1. The van der Waals surface area contributed by atoms with Crippen LogP contribution in [0.4, 0.5) is 13.2 Å². The lowest BCUT2D eigenvalue weighted by atomic mass is 9.99. The van der Waals surface area contributed by atoms with E-state index < -0.39 is 30.5 Å². The first-order valence-corrected chi connectivity index (χ1v) is 6.50. The van der Waals surface area contributed by atoms with Crippen molar-refractivity contribution < 1.29 is 18.0 Å². The van der Waals surface area contributed by atoms with E-state index in [0.717, 1.165) is 4.90 Å². The van der Waals surface area contributed by atoms with Crippen molar-refractivity contribution in [3.8, 4) is 0 Å². The number of carbonyl (C=O) groups is 1. The third-order valence-corrected chi connectivity index (χ3v) is 3.73. The number of alkyl halides is 2. The van der Waals surface area contributed by atoms with Gasteiger partial charge in [0.2, 0.25) is 5.91 Å². The second-order valence-corrected chi connectivity index (χ2v) is 5.13. The predicted octanol–water partition coefficient (Wildman–Crippen LogP) is 2.69. The Morgan fingerprint density at radius 1 is 1.35 bits per heavy atom. The molecule has 0 saturated carbocycles. The van der Waals surface area contributed by atoms with Crippen LogP contribution in [0.1, 0.15) is 32.0 Å². The van der Waals surface area contributed by atoms with Crippen LogP contribution in [-0.2, 0) is 4.79 Å². The van der Waals surface area contributed by atoms with E-state index in [-0.39, 0.29) is 5.91 Å². The van der Waals surface area contributed by atoms with Gasteiger partial charge in [-0.25, -0.2) is 13.2 Å². The maximum Gasteiger partial charge on any atom is 0.255 e. The Morgan fingerprint density at radius 2 is 1.95 bits per heavy atom. The van der Waals surface area contributed by atoms with Crippen molar-refractivity contribution in [2.45, 2.75) is 38.4 Å². The van der Waals surface area contributed by atoms with E-state index in [1.807, 2.05) is 6.92 Å². The fourth-order valence-corrected chi connectivity index (χ4v) is 2.37. The molecule has 1 N–H and O–H groups in total. The molecule has 20 heavy (non-hydrogen) atoms. The molecule has 1 aliphatic rings. The quantitative estimate of drug-likeness (QED) is 0.923. The lowest BCUT2D eigenvalue weighted by Gasteiger charge is -2.24. The SMILES string of the molecule is CCC1(C)NC(c2ccc(F)cc2)N(CC(F)F)C1=O. The molecule has 1 aromatic carbocycles. The summed E-state index contributed by atoms with van der Waals surface area (Å²) >= 11 is 0. The summed E-state index contributed by atoms with van der Waals surface area (Å²) in [5.74, 6) is -0.758. The Hall–Kier alpha value is -1.56. The summed E-state index contributed by atoms with van der Waals surface area (Å²) < 4.78 is 38.3. The first-order valence-electron chi connectivity index (χ1n) is 6.50. The number of benzene rings is 1. The molecule has 6 heteroatoms. The van der Waals surface area contributed by atoms with Gasteiger partial charge in [-0.15, -0.1) is 0 Å². The van der Waals surface area contributed by atoms with Gasteiger partial charge in [0, 0.05) is 0 Å². The molecule has 3 nitrogen and oxygen atoms in total. The Bertz CT molecular complexity index is 492. The molecular weight excluding hydrogens is 269 g/mol. The zero-order valence-electron chi connectivity index (χ0n) is 11.4. The largest absolute Gasteiger partial charge is 0.316 e. The van der Waals surface area contributed by atoms with Gasteiger partial charge in [0.15, 0.2) is 0 Å². The highest BCUT2D eigenvalue weighted by Gasteiger charge is 2.47. The van der Waals surface area contributed by atoms with Gasteiger partial charge in [0.25, 0.3) is 6.43 Å². The van der Waals surface area contributed by atoms with Crippen LogP contribution < -0.4 is 5.32 Å². The third-order valence-electron chi connectivity index (χ3n) is 3.73. The third kappa shape index (κ3) is 2.65. The molecule has 1 aromatic rings. The highest BCUT2D eigenvalue weighted by molar-refractivity contribution is 5.88. The molecule has 0 radical (unpaired) electrons. The number of nitrogens with zero attached hydrogens (tertiary/aromatic N) is 1. The first kappa shape index (κ1) is 14.8. The molecule has 0 spiro atoms. The lowest BCUT2D eigenvalue weighted by Crippen LogP contribution is -2.43. The van der Waals surface area contributed by atoms with Crippen molar-refractivity contribution >= 4 is 5.91 Å².